The Kier molecular flexibility index (Phi) is 5.42. The molecule has 7 nitrogen and oxygen atoms in total. The minimum atomic E-state index is -0.912. The molecule has 132 valence electrons. The summed E-state index contributed by atoms with van der Waals surface area (Å²) >= 11 is 0. The van der Waals surface area contributed by atoms with Crippen LogP contribution in [0.3, 0.4) is 0 Å². The zero-order valence-electron chi connectivity index (χ0n) is 14.0. The first-order chi connectivity index (χ1) is 12.1. The van der Waals surface area contributed by atoms with Gasteiger partial charge >= 0.3 is 5.97 Å². The minimum absolute atomic E-state index is 0.137. The number of nitrogens with zero attached hydrogens (tertiary/aromatic N) is 4. The van der Waals surface area contributed by atoms with Gasteiger partial charge in [-0.2, -0.15) is 5.10 Å². The quantitative estimate of drug-likeness (QED) is 0.863. The van der Waals surface area contributed by atoms with Crippen LogP contribution in [0.2, 0.25) is 0 Å². The van der Waals surface area contributed by atoms with Crippen LogP contribution in [0.4, 0.5) is 0 Å². The van der Waals surface area contributed by atoms with Gasteiger partial charge in [-0.3, -0.25) is 19.3 Å². The Morgan fingerprint density at radius 1 is 1.28 bits per heavy atom. The van der Waals surface area contributed by atoms with Gasteiger partial charge < -0.3 is 10.0 Å². The van der Waals surface area contributed by atoms with Crippen molar-refractivity contribution >= 4 is 11.9 Å². The number of pyridine rings is 1. The molecular formula is C18H22N4O3. The first kappa shape index (κ1) is 17.1. The van der Waals surface area contributed by atoms with Gasteiger partial charge in [-0.05, 0) is 37.0 Å². The first-order valence-corrected chi connectivity index (χ1v) is 8.53. The van der Waals surface area contributed by atoms with E-state index < -0.39 is 5.97 Å². The number of carboxylic acid groups (broad SMARTS) is 1. The number of aryl methyl sites for hydroxylation is 1. The monoisotopic (exact) mass is 342 g/mol. The molecule has 1 saturated heterocycles. The molecule has 2 aromatic heterocycles. The number of hydrogen-bond donors (Lipinski definition) is 1. The van der Waals surface area contributed by atoms with Crippen molar-refractivity contribution < 1.29 is 14.7 Å². The number of carbonyl (C=O) groups excluding carboxylic acids is 1. The van der Waals surface area contributed by atoms with Crippen LogP contribution < -0.4 is 0 Å². The van der Waals surface area contributed by atoms with Gasteiger partial charge in [0.1, 0.15) is 6.54 Å². The van der Waals surface area contributed by atoms with E-state index in [2.05, 4.69) is 10.1 Å². The topological polar surface area (TPSA) is 88.3 Å². The minimum Gasteiger partial charge on any atom is -0.480 e. The number of likely N-dealkylation sites (tertiary alicyclic amines) is 1. The molecule has 1 aliphatic rings. The molecule has 0 aromatic carbocycles. The lowest BCUT2D eigenvalue weighted by Gasteiger charge is -2.33. The van der Waals surface area contributed by atoms with Crippen LogP contribution in [-0.4, -0.2) is 49.7 Å². The van der Waals surface area contributed by atoms with Gasteiger partial charge in [-0.25, -0.2) is 0 Å². The van der Waals surface area contributed by atoms with Crippen molar-refractivity contribution in [2.75, 3.05) is 13.1 Å². The third-order valence-electron chi connectivity index (χ3n) is 4.58. The van der Waals surface area contributed by atoms with Crippen LogP contribution in [0.5, 0.6) is 0 Å². The van der Waals surface area contributed by atoms with E-state index in [4.69, 9.17) is 5.11 Å². The third-order valence-corrected chi connectivity index (χ3v) is 4.58. The smallest absolute Gasteiger partial charge is 0.325 e. The second kappa shape index (κ2) is 7.92. The maximum atomic E-state index is 12.5. The molecule has 25 heavy (non-hydrogen) atoms. The second-order valence-corrected chi connectivity index (χ2v) is 6.35. The van der Waals surface area contributed by atoms with Gasteiger partial charge in [0.2, 0.25) is 5.91 Å². The van der Waals surface area contributed by atoms with Gasteiger partial charge in [0.15, 0.2) is 0 Å². The van der Waals surface area contributed by atoms with Gasteiger partial charge in [0.25, 0.3) is 0 Å². The summed E-state index contributed by atoms with van der Waals surface area (Å²) in [4.78, 5) is 29.5. The highest BCUT2D eigenvalue weighted by Crippen LogP contribution is 2.27. The Morgan fingerprint density at radius 2 is 2.16 bits per heavy atom. The number of carbonyl (C=O) groups is 2. The highest BCUT2D eigenvalue weighted by molar-refractivity contribution is 5.76. The Morgan fingerprint density at radius 3 is 2.92 bits per heavy atom. The largest absolute Gasteiger partial charge is 0.480 e. The van der Waals surface area contributed by atoms with Crippen molar-refractivity contribution in [2.45, 2.75) is 38.1 Å². The average molecular weight is 342 g/mol. The fourth-order valence-corrected chi connectivity index (χ4v) is 3.35. The third kappa shape index (κ3) is 4.43. The number of carboxylic acids is 1. The van der Waals surface area contributed by atoms with E-state index in [0.29, 0.717) is 19.4 Å². The number of hydrogen-bond acceptors (Lipinski definition) is 4. The van der Waals surface area contributed by atoms with Gasteiger partial charge in [-0.1, -0.05) is 6.07 Å². The Hall–Kier alpha value is -2.70. The molecule has 1 N–H and O–H groups in total. The lowest BCUT2D eigenvalue weighted by atomic mass is 9.94. The lowest BCUT2D eigenvalue weighted by Crippen LogP contribution is -2.39. The van der Waals surface area contributed by atoms with Crippen molar-refractivity contribution in [3.63, 3.8) is 0 Å². The highest BCUT2D eigenvalue weighted by atomic mass is 16.4. The van der Waals surface area contributed by atoms with E-state index in [0.717, 1.165) is 30.6 Å². The van der Waals surface area contributed by atoms with E-state index in [-0.39, 0.29) is 18.4 Å². The Bertz CT molecular complexity index is 729. The molecule has 0 radical (unpaired) electrons. The first-order valence-electron chi connectivity index (χ1n) is 8.53. The van der Waals surface area contributed by atoms with Crippen LogP contribution in [0.1, 0.15) is 36.4 Å². The molecule has 0 unspecified atom stereocenters. The molecule has 1 atom stereocenters. The summed E-state index contributed by atoms with van der Waals surface area (Å²) in [6.07, 6.45) is 8.15. The lowest BCUT2D eigenvalue weighted by molar-refractivity contribution is -0.138. The van der Waals surface area contributed by atoms with Gasteiger partial charge in [0, 0.05) is 49.7 Å². The van der Waals surface area contributed by atoms with E-state index in [1.54, 1.807) is 18.6 Å². The molecule has 3 rings (SSSR count). The molecule has 0 aliphatic carbocycles. The second-order valence-electron chi connectivity index (χ2n) is 6.35. The molecule has 0 spiro atoms. The molecule has 1 amide bonds. The molecule has 1 fully saturated rings. The summed E-state index contributed by atoms with van der Waals surface area (Å²) in [5.41, 5.74) is 1.95. The van der Waals surface area contributed by atoms with E-state index >= 15 is 0 Å². The average Bonchev–Trinajstić information content (AvgIpc) is 3.08. The molecule has 2 aromatic rings. The molecule has 1 aliphatic heterocycles. The SMILES string of the molecule is O=C(O)Cn1nccc1[C@@H]1CCCN(C(=O)CCc2cccnc2)C1. The van der Waals surface area contributed by atoms with E-state index in [1.165, 1.54) is 4.68 Å². The summed E-state index contributed by atoms with van der Waals surface area (Å²) in [6, 6.07) is 5.71. The summed E-state index contributed by atoms with van der Waals surface area (Å²) in [7, 11) is 0. The number of piperidine rings is 1. The molecule has 3 heterocycles. The molecule has 0 bridgehead atoms. The van der Waals surface area contributed by atoms with Crippen molar-refractivity contribution in [3.8, 4) is 0 Å². The molecule has 7 heteroatoms. The summed E-state index contributed by atoms with van der Waals surface area (Å²) in [5, 5.41) is 13.1. The standard InChI is InChI=1S/C18H22N4O3/c23-17(6-5-14-3-1-8-19-11-14)21-10-2-4-15(12-21)16-7-9-20-22(16)13-18(24)25/h1,3,7-9,11,15H,2,4-6,10,12-13H2,(H,24,25)/t15-/m1/s1. The predicted octanol–water partition coefficient (Wildman–Crippen LogP) is 1.70. The van der Waals surface area contributed by atoms with Crippen LogP contribution in [0.25, 0.3) is 0 Å². The molecular weight excluding hydrogens is 320 g/mol. The normalized spacial score (nSPS) is 17.4. The van der Waals surface area contributed by atoms with Crippen molar-refractivity contribution in [1.82, 2.24) is 19.7 Å². The van der Waals surface area contributed by atoms with Crippen molar-refractivity contribution in [2.24, 2.45) is 0 Å². The van der Waals surface area contributed by atoms with Crippen molar-refractivity contribution in [1.29, 1.82) is 0 Å². The maximum Gasteiger partial charge on any atom is 0.325 e. The fourth-order valence-electron chi connectivity index (χ4n) is 3.35. The number of rotatable bonds is 6. The summed E-state index contributed by atoms with van der Waals surface area (Å²) in [6.45, 7) is 1.24. The van der Waals surface area contributed by atoms with Gasteiger partial charge in [-0.15, -0.1) is 0 Å². The highest BCUT2D eigenvalue weighted by Gasteiger charge is 2.27. The number of aromatic nitrogens is 3. The predicted molar refractivity (Wildman–Crippen MR) is 91.0 cm³/mol. The van der Waals surface area contributed by atoms with Gasteiger partial charge in [0.05, 0.1) is 0 Å². The number of aliphatic carboxylic acids is 1. The van der Waals surface area contributed by atoms with Crippen LogP contribution in [0, 0.1) is 0 Å². The van der Waals surface area contributed by atoms with Crippen LogP contribution in [-0.2, 0) is 22.6 Å². The zero-order chi connectivity index (χ0) is 17.6. The van der Waals surface area contributed by atoms with Crippen molar-refractivity contribution in [3.05, 3.63) is 48.0 Å². The Balaban J connectivity index is 1.60. The Labute approximate surface area is 146 Å². The maximum absolute atomic E-state index is 12.5. The van der Waals surface area contributed by atoms with E-state index in [9.17, 15) is 9.59 Å². The summed E-state index contributed by atoms with van der Waals surface area (Å²) < 4.78 is 1.52. The van der Waals surface area contributed by atoms with Crippen LogP contribution >= 0.6 is 0 Å². The zero-order valence-corrected chi connectivity index (χ0v) is 14.0. The number of amides is 1. The fraction of sp³-hybridized carbons (Fsp3) is 0.444. The molecule has 0 saturated carbocycles. The van der Waals surface area contributed by atoms with E-state index in [1.807, 2.05) is 23.1 Å². The summed E-state index contributed by atoms with van der Waals surface area (Å²) in [5.74, 6) is -0.638. The van der Waals surface area contributed by atoms with Crippen LogP contribution in [0.15, 0.2) is 36.8 Å².